The first-order valence-electron chi connectivity index (χ1n) is 8.20. The van der Waals surface area contributed by atoms with Crippen LogP contribution in [-0.2, 0) is 23.1 Å². The van der Waals surface area contributed by atoms with Crippen molar-refractivity contribution in [2.45, 2.75) is 6.42 Å². The maximum absolute atomic E-state index is 12.1. The Morgan fingerprint density at radius 1 is 1.22 bits per heavy atom. The molecule has 0 unspecified atom stereocenters. The fourth-order valence-electron chi connectivity index (χ4n) is 2.57. The molecule has 0 aliphatic rings. The molecule has 0 saturated heterocycles. The van der Waals surface area contributed by atoms with Gasteiger partial charge in [0.15, 0.2) is 6.61 Å². The number of carboxylic acid groups (broad SMARTS) is 1. The average Bonchev–Trinajstić information content (AvgIpc) is 2.97. The van der Waals surface area contributed by atoms with Gasteiger partial charge < -0.3 is 14.4 Å². The van der Waals surface area contributed by atoms with Crippen LogP contribution in [0, 0.1) is 0 Å². The van der Waals surface area contributed by atoms with E-state index < -0.39 is 12.6 Å². The van der Waals surface area contributed by atoms with Crippen LogP contribution < -0.4 is 10.2 Å². The first-order valence-corrected chi connectivity index (χ1v) is 8.20. The standard InChI is InChI=1S/C19H18N4O4/c1-23-15-8-4-3-7-14(15)21-17(23)10-18(24)22-20-11-13-6-2-5-9-16(13)27-12-19(25)26/h2-9,11H,10,12H2,1H3,(H,22,24)(H,25,26). The van der Waals surface area contributed by atoms with Gasteiger partial charge in [-0.2, -0.15) is 5.10 Å². The van der Waals surface area contributed by atoms with Crippen molar-refractivity contribution in [3.05, 3.63) is 59.9 Å². The normalized spacial score (nSPS) is 11.0. The van der Waals surface area contributed by atoms with Gasteiger partial charge in [0.2, 0.25) is 5.91 Å². The van der Waals surface area contributed by atoms with Crippen LogP contribution in [0.25, 0.3) is 11.0 Å². The molecule has 0 saturated carbocycles. The zero-order chi connectivity index (χ0) is 19.2. The zero-order valence-electron chi connectivity index (χ0n) is 14.6. The molecule has 0 bridgehead atoms. The van der Waals surface area contributed by atoms with Crippen molar-refractivity contribution in [2.24, 2.45) is 12.1 Å². The topological polar surface area (TPSA) is 106 Å². The fraction of sp³-hybridized carbons (Fsp3) is 0.158. The number of carbonyl (C=O) groups excluding carboxylic acids is 1. The van der Waals surface area contributed by atoms with Gasteiger partial charge in [-0.15, -0.1) is 0 Å². The number of hydrogen-bond donors (Lipinski definition) is 2. The van der Waals surface area contributed by atoms with Gasteiger partial charge in [0.1, 0.15) is 11.6 Å². The molecule has 138 valence electrons. The Kier molecular flexibility index (Phi) is 5.46. The number of ether oxygens (including phenoxy) is 1. The lowest BCUT2D eigenvalue weighted by molar-refractivity contribution is -0.139. The minimum absolute atomic E-state index is 0.0830. The molecule has 1 amide bonds. The van der Waals surface area contributed by atoms with Crippen LogP contribution in [0.5, 0.6) is 5.75 Å². The maximum atomic E-state index is 12.1. The Hall–Kier alpha value is -3.68. The highest BCUT2D eigenvalue weighted by Gasteiger charge is 2.11. The van der Waals surface area contributed by atoms with Crippen LogP contribution in [0.2, 0.25) is 0 Å². The molecule has 2 N–H and O–H groups in total. The quantitative estimate of drug-likeness (QED) is 0.489. The molecule has 8 heteroatoms. The number of benzene rings is 2. The van der Waals surface area contributed by atoms with Gasteiger partial charge in [0.05, 0.1) is 23.7 Å². The van der Waals surface area contributed by atoms with Gasteiger partial charge in [-0.25, -0.2) is 15.2 Å². The molecule has 3 rings (SSSR count). The molecule has 0 atom stereocenters. The number of hydrazone groups is 1. The van der Waals surface area contributed by atoms with E-state index in [1.165, 1.54) is 6.21 Å². The molecule has 8 nitrogen and oxygen atoms in total. The Bertz CT molecular complexity index is 1010. The average molecular weight is 366 g/mol. The third-order valence-electron chi connectivity index (χ3n) is 3.86. The molecule has 1 aromatic heterocycles. The summed E-state index contributed by atoms with van der Waals surface area (Å²) >= 11 is 0. The zero-order valence-corrected chi connectivity index (χ0v) is 14.6. The SMILES string of the molecule is Cn1c(CC(=O)NN=Cc2ccccc2OCC(=O)O)nc2ccccc21. The number of rotatable bonds is 7. The maximum Gasteiger partial charge on any atom is 0.341 e. The van der Waals surface area contributed by atoms with E-state index in [1.54, 1.807) is 24.3 Å². The van der Waals surface area contributed by atoms with Crippen molar-refractivity contribution >= 4 is 29.1 Å². The molecular formula is C19H18N4O4. The second-order valence-corrected chi connectivity index (χ2v) is 5.77. The van der Waals surface area contributed by atoms with Crippen molar-refractivity contribution < 1.29 is 19.4 Å². The summed E-state index contributed by atoms with van der Waals surface area (Å²) in [5, 5.41) is 12.6. The lowest BCUT2D eigenvalue weighted by Crippen LogP contribution is -2.21. The van der Waals surface area contributed by atoms with E-state index in [0.717, 1.165) is 11.0 Å². The summed E-state index contributed by atoms with van der Waals surface area (Å²) in [6, 6.07) is 14.5. The predicted octanol–water partition coefficient (Wildman–Crippen LogP) is 1.73. The highest BCUT2D eigenvalue weighted by molar-refractivity contribution is 5.86. The number of para-hydroxylation sites is 3. The van der Waals surface area contributed by atoms with Gasteiger partial charge >= 0.3 is 5.97 Å². The Balaban J connectivity index is 1.63. The van der Waals surface area contributed by atoms with Crippen molar-refractivity contribution in [3.8, 4) is 5.75 Å². The number of aryl methyl sites for hydroxylation is 1. The highest BCUT2D eigenvalue weighted by atomic mass is 16.5. The molecule has 0 aliphatic heterocycles. The third-order valence-corrected chi connectivity index (χ3v) is 3.86. The Morgan fingerprint density at radius 3 is 2.74 bits per heavy atom. The van der Waals surface area contributed by atoms with Crippen molar-refractivity contribution in [1.82, 2.24) is 15.0 Å². The van der Waals surface area contributed by atoms with E-state index in [2.05, 4.69) is 15.5 Å². The molecule has 1 heterocycles. The summed E-state index contributed by atoms with van der Waals surface area (Å²) in [6.45, 7) is -0.454. The van der Waals surface area contributed by atoms with Gasteiger partial charge in [-0.1, -0.05) is 24.3 Å². The summed E-state index contributed by atoms with van der Waals surface area (Å²) in [5.41, 5.74) is 4.79. The first kappa shape index (κ1) is 18.1. The van der Waals surface area contributed by atoms with Crippen LogP contribution in [0.1, 0.15) is 11.4 Å². The summed E-state index contributed by atoms with van der Waals surface area (Å²) in [4.78, 5) is 27.2. The highest BCUT2D eigenvalue weighted by Crippen LogP contribution is 2.16. The lowest BCUT2D eigenvalue weighted by atomic mass is 10.2. The second kappa shape index (κ2) is 8.13. The number of amides is 1. The van der Waals surface area contributed by atoms with E-state index in [-0.39, 0.29) is 12.3 Å². The smallest absolute Gasteiger partial charge is 0.341 e. The lowest BCUT2D eigenvalue weighted by Gasteiger charge is -2.06. The largest absolute Gasteiger partial charge is 0.481 e. The molecule has 2 aromatic carbocycles. The van der Waals surface area contributed by atoms with Crippen LogP contribution in [0.4, 0.5) is 0 Å². The van der Waals surface area contributed by atoms with Gasteiger partial charge in [-0.3, -0.25) is 4.79 Å². The number of carbonyl (C=O) groups is 2. The van der Waals surface area contributed by atoms with Gasteiger partial charge in [-0.05, 0) is 24.3 Å². The number of imidazole rings is 1. The molecule has 3 aromatic rings. The van der Waals surface area contributed by atoms with E-state index in [0.29, 0.717) is 17.1 Å². The molecule has 0 aliphatic carbocycles. The molecule has 27 heavy (non-hydrogen) atoms. The van der Waals surface area contributed by atoms with E-state index in [9.17, 15) is 9.59 Å². The monoisotopic (exact) mass is 366 g/mol. The summed E-state index contributed by atoms with van der Waals surface area (Å²) in [5.74, 6) is -0.381. The number of hydrogen-bond acceptors (Lipinski definition) is 5. The minimum atomic E-state index is -1.07. The second-order valence-electron chi connectivity index (χ2n) is 5.77. The number of aromatic nitrogens is 2. The van der Waals surface area contributed by atoms with Crippen molar-refractivity contribution in [3.63, 3.8) is 0 Å². The van der Waals surface area contributed by atoms with E-state index in [1.807, 2.05) is 35.9 Å². The van der Waals surface area contributed by atoms with Crippen LogP contribution in [0.15, 0.2) is 53.6 Å². The molecular weight excluding hydrogens is 348 g/mol. The Labute approximate surface area is 155 Å². The number of carboxylic acids is 1. The number of fused-ring (bicyclic) bond motifs is 1. The van der Waals surface area contributed by atoms with Crippen LogP contribution in [0.3, 0.4) is 0 Å². The van der Waals surface area contributed by atoms with Crippen LogP contribution >= 0.6 is 0 Å². The Morgan fingerprint density at radius 2 is 1.96 bits per heavy atom. The summed E-state index contributed by atoms with van der Waals surface area (Å²) in [6.07, 6.45) is 1.49. The third kappa shape index (κ3) is 4.49. The van der Waals surface area contributed by atoms with Gasteiger partial charge in [0.25, 0.3) is 0 Å². The van der Waals surface area contributed by atoms with Gasteiger partial charge in [0, 0.05) is 12.6 Å². The van der Waals surface area contributed by atoms with E-state index in [4.69, 9.17) is 9.84 Å². The number of nitrogens with zero attached hydrogens (tertiary/aromatic N) is 3. The van der Waals surface area contributed by atoms with Crippen molar-refractivity contribution in [1.29, 1.82) is 0 Å². The first-order chi connectivity index (χ1) is 13.0. The fourth-order valence-corrected chi connectivity index (χ4v) is 2.57. The van der Waals surface area contributed by atoms with Crippen LogP contribution in [-0.4, -0.2) is 39.4 Å². The predicted molar refractivity (Wildman–Crippen MR) is 99.7 cm³/mol. The summed E-state index contributed by atoms with van der Waals surface area (Å²) < 4.78 is 7.05. The van der Waals surface area contributed by atoms with E-state index >= 15 is 0 Å². The number of nitrogens with one attached hydrogen (secondary N) is 1. The molecule has 0 fully saturated rings. The van der Waals surface area contributed by atoms with Crippen molar-refractivity contribution in [2.75, 3.05) is 6.61 Å². The number of aliphatic carboxylic acids is 1. The summed E-state index contributed by atoms with van der Waals surface area (Å²) in [7, 11) is 1.86. The molecule has 0 radical (unpaired) electrons. The molecule has 0 spiro atoms. The minimum Gasteiger partial charge on any atom is -0.481 e.